The molecule has 0 fully saturated rings. The summed E-state index contributed by atoms with van der Waals surface area (Å²) in [5.74, 6) is -0.279. The fourth-order valence-corrected chi connectivity index (χ4v) is 2.89. The van der Waals surface area contributed by atoms with Gasteiger partial charge < -0.3 is 10.1 Å². The highest BCUT2D eigenvalue weighted by molar-refractivity contribution is 6.30. The van der Waals surface area contributed by atoms with Gasteiger partial charge >= 0.3 is 0 Å². The fraction of sp³-hybridized carbons (Fsp3) is 0.350. The summed E-state index contributed by atoms with van der Waals surface area (Å²) in [6, 6.07) is 12.1. The van der Waals surface area contributed by atoms with Gasteiger partial charge in [-0.3, -0.25) is 9.69 Å². The van der Waals surface area contributed by atoms with Crippen LogP contribution in [0.4, 0.5) is 4.39 Å². The molecular formula is C20H24ClFN2O2. The minimum atomic E-state index is -0.403. The van der Waals surface area contributed by atoms with E-state index in [-0.39, 0.29) is 24.2 Å². The van der Waals surface area contributed by atoms with Crippen LogP contribution in [0.25, 0.3) is 0 Å². The van der Waals surface area contributed by atoms with Crippen molar-refractivity contribution in [2.75, 3.05) is 20.2 Å². The first-order valence-electron chi connectivity index (χ1n) is 8.52. The van der Waals surface area contributed by atoms with Gasteiger partial charge in [0, 0.05) is 11.6 Å². The lowest BCUT2D eigenvalue weighted by Gasteiger charge is -2.22. The van der Waals surface area contributed by atoms with Crippen LogP contribution in [0, 0.1) is 5.82 Å². The summed E-state index contributed by atoms with van der Waals surface area (Å²) < 4.78 is 18.8. The van der Waals surface area contributed by atoms with Crippen molar-refractivity contribution in [1.82, 2.24) is 10.2 Å². The molecule has 0 spiro atoms. The third-order valence-electron chi connectivity index (χ3n) is 4.16. The standard InChI is InChI=1S/C20H24ClFN2O2/c1-4-24(12-15-8-9-19(26-3)18(22)10-15)13-20(25)23-14(2)16-6-5-7-17(21)11-16/h5-11,14H,4,12-13H2,1-3H3,(H,23,25). The molecule has 0 saturated carbocycles. The van der Waals surface area contributed by atoms with Gasteiger partial charge in [0.15, 0.2) is 11.6 Å². The molecule has 2 aromatic rings. The number of halogens is 2. The molecule has 2 aromatic carbocycles. The number of nitrogens with one attached hydrogen (secondary N) is 1. The lowest BCUT2D eigenvalue weighted by Crippen LogP contribution is -2.38. The Balaban J connectivity index is 1.94. The number of ether oxygens (including phenoxy) is 1. The van der Waals surface area contributed by atoms with Gasteiger partial charge in [0.2, 0.25) is 5.91 Å². The van der Waals surface area contributed by atoms with Crippen LogP contribution in [0.3, 0.4) is 0 Å². The maximum Gasteiger partial charge on any atom is 0.234 e. The molecule has 2 rings (SSSR count). The summed E-state index contributed by atoms with van der Waals surface area (Å²) in [4.78, 5) is 14.3. The van der Waals surface area contributed by atoms with Gasteiger partial charge in [0.05, 0.1) is 19.7 Å². The Morgan fingerprint density at radius 1 is 1.31 bits per heavy atom. The number of nitrogens with zero attached hydrogens (tertiary/aromatic N) is 1. The first kappa shape index (κ1) is 20.2. The summed E-state index contributed by atoms with van der Waals surface area (Å²) in [5, 5.41) is 3.61. The summed E-state index contributed by atoms with van der Waals surface area (Å²) in [6.45, 7) is 5.27. The van der Waals surface area contributed by atoms with E-state index < -0.39 is 5.82 Å². The van der Waals surface area contributed by atoms with Crippen LogP contribution < -0.4 is 10.1 Å². The predicted octanol–water partition coefficient (Wildman–Crippen LogP) is 4.19. The van der Waals surface area contributed by atoms with Gasteiger partial charge in [-0.15, -0.1) is 0 Å². The summed E-state index contributed by atoms with van der Waals surface area (Å²) in [6.07, 6.45) is 0. The molecule has 1 atom stereocenters. The number of carbonyl (C=O) groups excluding carboxylic acids is 1. The van der Waals surface area contributed by atoms with E-state index in [2.05, 4.69) is 5.32 Å². The molecule has 6 heteroatoms. The normalized spacial score (nSPS) is 12.1. The number of carbonyl (C=O) groups is 1. The Labute approximate surface area is 158 Å². The number of rotatable bonds is 8. The van der Waals surface area contributed by atoms with Crippen LogP contribution in [-0.2, 0) is 11.3 Å². The quantitative estimate of drug-likeness (QED) is 0.749. The van der Waals surface area contributed by atoms with Crippen LogP contribution in [0.2, 0.25) is 5.02 Å². The van der Waals surface area contributed by atoms with E-state index in [1.807, 2.05) is 36.9 Å². The van der Waals surface area contributed by atoms with E-state index in [0.29, 0.717) is 18.1 Å². The molecule has 0 saturated heterocycles. The number of hydrogen-bond donors (Lipinski definition) is 1. The first-order valence-corrected chi connectivity index (χ1v) is 8.90. The van der Waals surface area contributed by atoms with Crippen molar-refractivity contribution in [2.24, 2.45) is 0 Å². The molecule has 1 amide bonds. The third kappa shape index (κ3) is 5.71. The highest BCUT2D eigenvalue weighted by Gasteiger charge is 2.14. The molecule has 0 heterocycles. The first-order chi connectivity index (χ1) is 12.4. The van der Waals surface area contributed by atoms with Crippen LogP contribution in [0.5, 0.6) is 5.75 Å². The van der Waals surface area contributed by atoms with Crippen LogP contribution in [0.1, 0.15) is 31.0 Å². The van der Waals surface area contributed by atoms with Gasteiger partial charge in [0.1, 0.15) is 0 Å². The van der Waals surface area contributed by atoms with E-state index in [0.717, 1.165) is 11.1 Å². The number of hydrogen-bond acceptors (Lipinski definition) is 3. The van der Waals surface area contributed by atoms with Crippen molar-refractivity contribution in [3.63, 3.8) is 0 Å². The molecule has 0 aromatic heterocycles. The zero-order valence-electron chi connectivity index (χ0n) is 15.3. The van der Waals surface area contributed by atoms with Crippen molar-refractivity contribution >= 4 is 17.5 Å². The van der Waals surface area contributed by atoms with Crippen molar-refractivity contribution in [3.8, 4) is 5.75 Å². The SMILES string of the molecule is CCN(CC(=O)NC(C)c1cccc(Cl)c1)Cc1ccc(OC)c(F)c1. The molecule has 4 nitrogen and oxygen atoms in total. The second-order valence-electron chi connectivity index (χ2n) is 6.12. The summed E-state index contributed by atoms with van der Waals surface area (Å²) in [7, 11) is 1.43. The smallest absolute Gasteiger partial charge is 0.234 e. The van der Waals surface area contributed by atoms with E-state index in [4.69, 9.17) is 16.3 Å². The number of amides is 1. The average molecular weight is 379 g/mol. The van der Waals surface area contributed by atoms with Crippen LogP contribution >= 0.6 is 11.6 Å². The minimum absolute atomic E-state index is 0.0895. The van der Waals surface area contributed by atoms with Gasteiger partial charge in [0.25, 0.3) is 0 Å². The number of methoxy groups -OCH3 is 1. The van der Waals surface area contributed by atoms with Crippen molar-refractivity contribution < 1.29 is 13.9 Å². The van der Waals surface area contributed by atoms with Gasteiger partial charge in [-0.2, -0.15) is 0 Å². The highest BCUT2D eigenvalue weighted by Crippen LogP contribution is 2.19. The molecule has 1 unspecified atom stereocenters. The van der Waals surface area contributed by atoms with Gasteiger partial charge in [-0.25, -0.2) is 4.39 Å². The lowest BCUT2D eigenvalue weighted by atomic mass is 10.1. The second-order valence-corrected chi connectivity index (χ2v) is 6.55. The maximum atomic E-state index is 13.8. The van der Waals surface area contributed by atoms with Crippen LogP contribution in [-0.4, -0.2) is 31.0 Å². The zero-order valence-corrected chi connectivity index (χ0v) is 16.0. The van der Waals surface area contributed by atoms with Crippen molar-refractivity contribution in [3.05, 3.63) is 64.4 Å². The maximum absolute atomic E-state index is 13.8. The van der Waals surface area contributed by atoms with Crippen molar-refractivity contribution in [2.45, 2.75) is 26.4 Å². The van der Waals surface area contributed by atoms with E-state index in [9.17, 15) is 9.18 Å². The number of likely N-dealkylation sites (N-methyl/N-ethyl adjacent to an activating group) is 1. The Kier molecular flexibility index (Phi) is 7.42. The average Bonchev–Trinajstić information content (AvgIpc) is 2.61. The highest BCUT2D eigenvalue weighted by atomic mass is 35.5. The predicted molar refractivity (Wildman–Crippen MR) is 102 cm³/mol. The summed E-state index contributed by atoms with van der Waals surface area (Å²) in [5.41, 5.74) is 1.74. The summed E-state index contributed by atoms with van der Waals surface area (Å²) >= 11 is 6.00. The Hall–Kier alpha value is -2.11. The zero-order chi connectivity index (χ0) is 19.1. The van der Waals surface area contributed by atoms with Gasteiger partial charge in [-0.1, -0.05) is 36.7 Å². The Morgan fingerprint density at radius 2 is 2.08 bits per heavy atom. The second kappa shape index (κ2) is 9.55. The van der Waals surface area contributed by atoms with E-state index >= 15 is 0 Å². The molecule has 0 aliphatic rings. The lowest BCUT2D eigenvalue weighted by molar-refractivity contribution is -0.123. The molecular weight excluding hydrogens is 355 g/mol. The molecule has 26 heavy (non-hydrogen) atoms. The molecule has 0 radical (unpaired) electrons. The van der Waals surface area contributed by atoms with Crippen LogP contribution in [0.15, 0.2) is 42.5 Å². The Morgan fingerprint density at radius 3 is 2.69 bits per heavy atom. The monoisotopic (exact) mass is 378 g/mol. The largest absolute Gasteiger partial charge is 0.494 e. The molecule has 0 aliphatic carbocycles. The van der Waals surface area contributed by atoms with Crippen molar-refractivity contribution in [1.29, 1.82) is 0 Å². The van der Waals surface area contributed by atoms with Gasteiger partial charge in [-0.05, 0) is 48.9 Å². The minimum Gasteiger partial charge on any atom is -0.494 e. The van der Waals surface area contributed by atoms with E-state index in [1.165, 1.54) is 13.2 Å². The molecule has 140 valence electrons. The molecule has 0 aliphatic heterocycles. The Bertz CT molecular complexity index is 754. The third-order valence-corrected chi connectivity index (χ3v) is 4.40. The topological polar surface area (TPSA) is 41.6 Å². The van der Waals surface area contributed by atoms with E-state index in [1.54, 1.807) is 18.2 Å². The molecule has 1 N–H and O–H groups in total. The molecule has 0 bridgehead atoms. The fourth-order valence-electron chi connectivity index (χ4n) is 2.70. The number of benzene rings is 2.